The van der Waals surface area contributed by atoms with Crippen molar-refractivity contribution in [3.8, 4) is 5.75 Å². The lowest BCUT2D eigenvalue weighted by molar-refractivity contribution is -0.280. The van der Waals surface area contributed by atoms with Crippen molar-refractivity contribution in [2.45, 2.75) is 44.1 Å². The average molecular weight is 426 g/mol. The molecule has 3 aromatic rings. The average Bonchev–Trinajstić information content (AvgIpc) is 3.08. The van der Waals surface area contributed by atoms with Crippen LogP contribution < -0.4 is 10.1 Å². The molecule has 3 rings (SSSR count). The van der Waals surface area contributed by atoms with E-state index in [9.17, 15) is 22.7 Å². The van der Waals surface area contributed by atoms with Gasteiger partial charge in [-0.15, -0.1) is 0 Å². The Kier molecular flexibility index (Phi) is 5.79. The Hall–Kier alpha value is -2.65. The van der Waals surface area contributed by atoms with Crippen molar-refractivity contribution in [1.29, 1.82) is 0 Å². The number of halogens is 4. The number of fused-ring (bicyclic) bond motifs is 1. The van der Waals surface area contributed by atoms with E-state index < -0.39 is 29.6 Å². The highest BCUT2D eigenvalue weighted by molar-refractivity contribution is 5.76. The Morgan fingerprint density at radius 2 is 1.90 bits per heavy atom. The van der Waals surface area contributed by atoms with Crippen molar-refractivity contribution in [1.82, 2.24) is 10.3 Å². The summed E-state index contributed by atoms with van der Waals surface area (Å²) in [6.07, 6.45) is -2.76. The lowest BCUT2D eigenvalue weighted by atomic mass is 9.77. The first kappa shape index (κ1) is 22.0. The van der Waals surface area contributed by atoms with Gasteiger partial charge in [-0.3, -0.25) is 10.3 Å². The number of hydrogen-bond donors (Lipinski definition) is 2. The zero-order chi connectivity index (χ0) is 22.2. The zero-order valence-corrected chi connectivity index (χ0v) is 16.7. The molecule has 0 aliphatic carbocycles. The summed E-state index contributed by atoms with van der Waals surface area (Å²) in [6.45, 7) is 2.59. The summed E-state index contributed by atoms with van der Waals surface area (Å²) >= 11 is 0. The highest BCUT2D eigenvalue weighted by atomic mass is 19.4. The minimum absolute atomic E-state index is 0.210. The van der Waals surface area contributed by atoms with E-state index in [1.54, 1.807) is 12.1 Å². The summed E-state index contributed by atoms with van der Waals surface area (Å²) in [7, 11) is 1.34. The van der Waals surface area contributed by atoms with E-state index >= 15 is 0 Å². The van der Waals surface area contributed by atoms with Crippen molar-refractivity contribution in [2.75, 3.05) is 7.11 Å². The van der Waals surface area contributed by atoms with Crippen LogP contribution in [-0.2, 0) is 12.0 Å². The number of nitrogens with zero attached hydrogens (tertiary/aromatic N) is 1. The Balaban J connectivity index is 1.88. The van der Waals surface area contributed by atoms with Crippen LogP contribution in [0.3, 0.4) is 0 Å². The monoisotopic (exact) mass is 426 g/mol. The molecule has 1 atom stereocenters. The number of rotatable bonds is 7. The lowest BCUT2D eigenvalue weighted by Crippen LogP contribution is -2.59. The summed E-state index contributed by atoms with van der Waals surface area (Å²) in [5.41, 5.74) is -3.86. The van der Waals surface area contributed by atoms with Gasteiger partial charge in [0.25, 0.3) is 0 Å². The van der Waals surface area contributed by atoms with Crippen molar-refractivity contribution in [3.63, 3.8) is 0 Å². The first-order valence-corrected chi connectivity index (χ1v) is 9.16. The molecule has 1 aromatic carbocycles. The third-order valence-corrected chi connectivity index (χ3v) is 4.98. The van der Waals surface area contributed by atoms with Gasteiger partial charge in [-0.25, -0.2) is 4.39 Å². The van der Waals surface area contributed by atoms with Crippen LogP contribution in [0.5, 0.6) is 5.75 Å². The highest BCUT2D eigenvalue weighted by Crippen LogP contribution is 2.42. The molecule has 1 unspecified atom stereocenters. The first-order valence-electron chi connectivity index (χ1n) is 9.16. The third-order valence-electron chi connectivity index (χ3n) is 4.98. The zero-order valence-electron chi connectivity index (χ0n) is 16.7. The summed E-state index contributed by atoms with van der Waals surface area (Å²) in [4.78, 5) is 3.93. The van der Waals surface area contributed by atoms with Crippen LogP contribution >= 0.6 is 0 Å². The maximum atomic E-state index is 13.9. The molecule has 0 saturated heterocycles. The van der Waals surface area contributed by atoms with Gasteiger partial charge in [-0.2, -0.15) is 13.2 Å². The molecule has 2 N–H and O–H groups in total. The van der Waals surface area contributed by atoms with Crippen molar-refractivity contribution >= 4 is 11.0 Å². The predicted octanol–water partition coefficient (Wildman–Crippen LogP) is 4.68. The van der Waals surface area contributed by atoms with Gasteiger partial charge >= 0.3 is 6.18 Å². The number of nitrogens with one attached hydrogen (secondary N) is 1. The second kappa shape index (κ2) is 7.88. The number of benzene rings is 1. The molecule has 0 spiro atoms. The molecule has 0 saturated carbocycles. The molecule has 5 nitrogen and oxygen atoms in total. The van der Waals surface area contributed by atoms with Crippen LogP contribution in [0.4, 0.5) is 17.6 Å². The van der Waals surface area contributed by atoms with Gasteiger partial charge in [0.05, 0.1) is 13.7 Å². The standard InChI is InChI=1S/C21H22F4N2O3/c1-19(2,16-9-14(22)4-5-18(16)29-3)12-20(28,21(23,24)25)27-11-15-8-13-10-26-7-6-17(13)30-15/h4-10,27-28H,11-12H2,1-3H3. The van der Waals surface area contributed by atoms with E-state index in [4.69, 9.17) is 9.15 Å². The predicted molar refractivity (Wildman–Crippen MR) is 102 cm³/mol. The van der Waals surface area contributed by atoms with Crippen LogP contribution in [0.2, 0.25) is 0 Å². The number of furan rings is 1. The molecular formula is C21H22F4N2O3. The number of aromatic nitrogens is 1. The summed E-state index contributed by atoms with van der Waals surface area (Å²) in [6, 6.07) is 6.75. The number of hydrogen-bond acceptors (Lipinski definition) is 5. The maximum absolute atomic E-state index is 13.9. The molecule has 162 valence electrons. The summed E-state index contributed by atoms with van der Waals surface area (Å²) in [5, 5.41) is 13.4. The Morgan fingerprint density at radius 1 is 1.17 bits per heavy atom. The Bertz CT molecular complexity index is 1000. The van der Waals surface area contributed by atoms with E-state index in [-0.39, 0.29) is 23.6 Å². The number of alkyl halides is 3. The number of aliphatic hydroxyl groups is 1. The maximum Gasteiger partial charge on any atom is 0.431 e. The largest absolute Gasteiger partial charge is 0.496 e. The van der Waals surface area contributed by atoms with Crippen LogP contribution in [0, 0.1) is 5.82 Å². The smallest absolute Gasteiger partial charge is 0.431 e. The fourth-order valence-electron chi connectivity index (χ4n) is 3.47. The molecule has 0 amide bonds. The van der Waals surface area contributed by atoms with Crippen LogP contribution in [-0.4, -0.2) is 29.1 Å². The molecular weight excluding hydrogens is 404 g/mol. The topological polar surface area (TPSA) is 67.5 Å². The van der Waals surface area contributed by atoms with Crippen LogP contribution in [0.25, 0.3) is 11.0 Å². The van der Waals surface area contributed by atoms with Crippen LogP contribution in [0.1, 0.15) is 31.6 Å². The van der Waals surface area contributed by atoms with Gasteiger partial charge in [0.1, 0.15) is 22.9 Å². The van der Waals surface area contributed by atoms with Gasteiger partial charge < -0.3 is 14.3 Å². The van der Waals surface area contributed by atoms with Gasteiger partial charge in [0.15, 0.2) is 0 Å². The molecule has 0 aliphatic heterocycles. The minimum atomic E-state index is -5.00. The van der Waals surface area contributed by atoms with Gasteiger partial charge in [0, 0.05) is 29.8 Å². The van der Waals surface area contributed by atoms with Crippen molar-refractivity contribution < 1.29 is 31.8 Å². The van der Waals surface area contributed by atoms with Crippen molar-refractivity contribution in [2.24, 2.45) is 0 Å². The van der Waals surface area contributed by atoms with E-state index in [0.29, 0.717) is 11.0 Å². The lowest BCUT2D eigenvalue weighted by Gasteiger charge is -2.38. The fraction of sp³-hybridized carbons (Fsp3) is 0.381. The molecule has 0 aliphatic rings. The first-order chi connectivity index (χ1) is 13.9. The second-order valence-electron chi connectivity index (χ2n) is 7.74. The molecule has 30 heavy (non-hydrogen) atoms. The Morgan fingerprint density at radius 3 is 2.53 bits per heavy atom. The molecule has 0 fully saturated rings. The van der Waals surface area contributed by atoms with Gasteiger partial charge in [0.2, 0.25) is 5.72 Å². The second-order valence-corrected chi connectivity index (χ2v) is 7.74. The fourth-order valence-corrected chi connectivity index (χ4v) is 3.47. The van der Waals surface area contributed by atoms with Gasteiger partial charge in [-0.1, -0.05) is 13.8 Å². The number of pyridine rings is 1. The molecule has 9 heteroatoms. The molecule has 0 bridgehead atoms. The minimum Gasteiger partial charge on any atom is -0.496 e. The van der Waals surface area contributed by atoms with Crippen LogP contribution in [0.15, 0.2) is 47.1 Å². The number of ether oxygens (including phenoxy) is 1. The SMILES string of the molecule is COc1ccc(F)cc1C(C)(C)CC(O)(NCc1cc2cnccc2o1)C(F)(F)F. The van der Waals surface area contributed by atoms with Gasteiger partial charge in [-0.05, 0) is 35.7 Å². The molecule has 0 radical (unpaired) electrons. The highest BCUT2D eigenvalue weighted by Gasteiger charge is 2.56. The van der Waals surface area contributed by atoms with Crippen molar-refractivity contribution in [3.05, 3.63) is 59.9 Å². The van der Waals surface area contributed by atoms with E-state index in [1.165, 1.54) is 39.4 Å². The number of methoxy groups -OCH3 is 1. The summed E-state index contributed by atoms with van der Waals surface area (Å²) in [5.74, 6) is -0.171. The Labute approximate surface area is 170 Å². The summed E-state index contributed by atoms with van der Waals surface area (Å²) < 4.78 is 66.0. The molecule has 2 aromatic heterocycles. The third kappa shape index (κ3) is 4.41. The van der Waals surface area contributed by atoms with E-state index in [2.05, 4.69) is 10.3 Å². The van der Waals surface area contributed by atoms with E-state index in [0.717, 1.165) is 12.1 Å². The quantitative estimate of drug-likeness (QED) is 0.424. The molecule has 2 heterocycles. The van der Waals surface area contributed by atoms with E-state index in [1.807, 2.05) is 0 Å². The normalized spacial score (nSPS) is 14.7.